The fourth-order valence-electron chi connectivity index (χ4n) is 3.62. The SMILES string of the molecule is COc1cccc(C2/C(=C(\O)c3ccc(F)cc3)C(=O)C(=O)N2Cc2cccs2)c1O. The number of thiophene rings is 1. The first-order valence-corrected chi connectivity index (χ1v) is 10.2. The molecule has 0 aliphatic carbocycles. The van der Waals surface area contributed by atoms with E-state index in [0.29, 0.717) is 0 Å². The minimum Gasteiger partial charge on any atom is -0.507 e. The highest BCUT2D eigenvalue weighted by atomic mass is 32.1. The van der Waals surface area contributed by atoms with Crippen LogP contribution in [0.25, 0.3) is 5.76 Å². The Morgan fingerprint density at radius 2 is 1.87 bits per heavy atom. The zero-order valence-electron chi connectivity index (χ0n) is 16.4. The van der Waals surface area contributed by atoms with E-state index in [0.717, 1.165) is 17.0 Å². The number of aliphatic hydroxyl groups is 1. The summed E-state index contributed by atoms with van der Waals surface area (Å²) in [5.41, 5.74) is 0.235. The van der Waals surface area contributed by atoms with Gasteiger partial charge in [0.15, 0.2) is 11.5 Å². The molecule has 0 saturated carbocycles. The van der Waals surface area contributed by atoms with Crippen LogP contribution in [0.4, 0.5) is 4.39 Å². The van der Waals surface area contributed by atoms with Gasteiger partial charge in [0.2, 0.25) is 0 Å². The number of aliphatic hydroxyl groups excluding tert-OH is 1. The van der Waals surface area contributed by atoms with E-state index in [4.69, 9.17) is 4.74 Å². The monoisotopic (exact) mass is 439 g/mol. The van der Waals surface area contributed by atoms with Crippen molar-refractivity contribution in [3.8, 4) is 11.5 Å². The summed E-state index contributed by atoms with van der Waals surface area (Å²) < 4.78 is 18.5. The maximum atomic E-state index is 13.3. The number of hydrogen-bond acceptors (Lipinski definition) is 6. The fraction of sp³-hybridized carbons (Fsp3) is 0.130. The van der Waals surface area contributed by atoms with Crippen LogP contribution in [0.3, 0.4) is 0 Å². The molecule has 1 aliphatic heterocycles. The number of carbonyl (C=O) groups is 2. The molecule has 1 amide bonds. The van der Waals surface area contributed by atoms with Gasteiger partial charge < -0.3 is 19.8 Å². The Morgan fingerprint density at radius 3 is 2.52 bits per heavy atom. The highest BCUT2D eigenvalue weighted by molar-refractivity contribution is 7.09. The lowest BCUT2D eigenvalue weighted by Crippen LogP contribution is -2.28. The summed E-state index contributed by atoms with van der Waals surface area (Å²) in [5.74, 6) is -2.70. The number of nitrogens with zero attached hydrogens (tertiary/aromatic N) is 1. The second-order valence-corrected chi connectivity index (χ2v) is 7.94. The van der Waals surface area contributed by atoms with Crippen LogP contribution in [0, 0.1) is 5.82 Å². The third-order valence-corrected chi connectivity index (χ3v) is 5.97. The normalized spacial score (nSPS) is 17.9. The first-order chi connectivity index (χ1) is 14.9. The summed E-state index contributed by atoms with van der Waals surface area (Å²) in [6, 6.07) is 12.3. The molecular formula is C23H18FNO5S. The van der Waals surface area contributed by atoms with E-state index in [9.17, 15) is 24.2 Å². The van der Waals surface area contributed by atoms with E-state index in [2.05, 4.69) is 0 Å². The summed E-state index contributed by atoms with van der Waals surface area (Å²) in [7, 11) is 1.39. The van der Waals surface area contributed by atoms with Gasteiger partial charge in [-0.1, -0.05) is 18.2 Å². The van der Waals surface area contributed by atoms with Crippen molar-refractivity contribution in [3.05, 3.63) is 87.4 Å². The number of rotatable bonds is 5. The second-order valence-electron chi connectivity index (χ2n) is 6.91. The molecule has 8 heteroatoms. The van der Waals surface area contributed by atoms with Crippen LogP contribution in [0.2, 0.25) is 0 Å². The minimum absolute atomic E-state index is 0.115. The van der Waals surface area contributed by atoms with Crippen LogP contribution in [0.1, 0.15) is 22.0 Å². The second kappa shape index (κ2) is 8.23. The number of likely N-dealkylation sites (tertiary alicyclic amines) is 1. The van der Waals surface area contributed by atoms with E-state index in [1.165, 1.54) is 35.5 Å². The lowest BCUT2D eigenvalue weighted by Gasteiger charge is -2.26. The maximum Gasteiger partial charge on any atom is 0.295 e. The molecule has 1 aromatic heterocycles. The molecule has 1 unspecified atom stereocenters. The van der Waals surface area contributed by atoms with Crippen molar-refractivity contribution in [2.24, 2.45) is 0 Å². The molecule has 2 heterocycles. The van der Waals surface area contributed by atoms with Crippen molar-refractivity contribution in [1.82, 2.24) is 4.90 Å². The zero-order chi connectivity index (χ0) is 22.1. The summed E-state index contributed by atoms with van der Waals surface area (Å²) in [4.78, 5) is 28.1. The van der Waals surface area contributed by atoms with Crippen LogP contribution in [-0.2, 0) is 16.1 Å². The molecule has 1 fully saturated rings. The average Bonchev–Trinajstić information content (AvgIpc) is 3.36. The Kier molecular flexibility index (Phi) is 5.48. The molecule has 31 heavy (non-hydrogen) atoms. The lowest BCUT2D eigenvalue weighted by atomic mass is 9.94. The Morgan fingerprint density at radius 1 is 1.13 bits per heavy atom. The molecule has 2 aromatic carbocycles. The summed E-state index contributed by atoms with van der Waals surface area (Å²) in [5, 5.41) is 23.5. The molecule has 1 atom stereocenters. The predicted molar refractivity (Wildman–Crippen MR) is 113 cm³/mol. The topological polar surface area (TPSA) is 87.1 Å². The van der Waals surface area contributed by atoms with Crippen molar-refractivity contribution < 1.29 is 28.9 Å². The molecule has 158 valence electrons. The lowest BCUT2D eigenvalue weighted by molar-refractivity contribution is -0.140. The number of amides is 1. The Hall–Kier alpha value is -3.65. The molecule has 0 spiro atoms. The highest BCUT2D eigenvalue weighted by Crippen LogP contribution is 2.45. The van der Waals surface area contributed by atoms with Gasteiger partial charge in [-0.05, 0) is 41.8 Å². The number of halogens is 1. The van der Waals surface area contributed by atoms with Gasteiger partial charge >= 0.3 is 0 Å². The third kappa shape index (κ3) is 3.66. The molecule has 3 aromatic rings. The van der Waals surface area contributed by atoms with Gasteiger partial charge in [0, 0.05) is 16.0 Å². The average molecular weight is 439 g/mol. The van der Waals surface area contributed by atoms with Gasteiger partial charge in [-0.15, -0.1) is 11.3 Å². The number of ether oxygens (including phenoxy) is 1. The summed E-state index contributed by atoms with van der Waals surface area (Å²) >= 11 is 1.42. The highest BCUT2D eigenvalue weighted by Gasteiger charge is 2.47. The zero-order valence-corrected chi connectivity index (χ0v) is 17.2. The molecule has 1 aliphatic rings. The van der Waals surface area contributed by atoms with Gasteiger partial charge in [-0.3, -0.25) is 9.59 Å². The minimum atomic E-state index is -1.05. The van der Waals surface area contributed by atoms with Crippen LogP contribution in [-0.4, -0.2) is 33.9 Å². The molecule has 4 rings (SSSR count). The van der Waals surface area contributed by atoms with Crippen molar-refractivity contribution in [1.29, 1.82) is 0 Å². The Labute approximate surface area is 181 Å². The molecule has 6 nitrogen and oxygen atoms in total. The number of carbonyl (C=O) groups excluding carboxylic acids is 2. The van der Waals surface area contributed by atoms with E-state index in [-0.39, 0.29) is 34.7 Å². The predicted octanol–water partition coefficient (Wildman–Crippen LogP) is 4.22. The number of aromatic hydroxyl groups is 1. The van der Waals surface area contributed by atoms with Crippen LogP contribution < -0.4 is 4.74 Å². The number of hydrogen-bond donors (Lipinski definition) is 2. The van der Waals surface area contributed by atoms with Gasteiger partial charge in [-0.25, -0.2) is 4.39 Å². The number of ketones is 1. The third-order valence-electron chi connectivity index (χ3n) is 5.11. The standard InChI is InChI=1S/C23H18FNO5S/c1-30-17-6-2-5-16(21(17)27)19-18(20(26)13-7-9-14(24)10-8-13)22(28)23(29)25(19)12-15-4-3-11-31-15/h2-11,19,26-27H,12H2,1H3/b20-18+. The number of benzene rings is 2. The van der Waals surface area contributed by atoms with Gasteiger partial charge in [0.1, 0.15) is 11.6 Å². The Balaban J connectivity index is 1.92. The van der Waals surface area contributed by atoms with Crippen LogP contribution in [0.5, 0.6) is 11.5 Å². The molecular weight excluding hydrogens is 421 g/mol. The largest absolute Gasteiger partial charge is 0.507 e. The van der Waals surface area contributed by atoms with Gasteiger partial charge in [-0.2, -0.15) is 0 Å². The summed E-state index contributed by atoms with van der Waals surface area (Å²) in [6.45, 7) is 0.115. The van der Waals surface area contributed by atoms with Crippen molar-refractivity contribution >= 4 is 28.8 Å². The van der Waals surface area contributed by atoms with Gasteiger partial charge in [0.25, 0.3) is 11.7 Å². The quantitative estimate of drug-likeness (QED) is 0.353. The molecule has 2 N–H and O–H groups in total. The van der Waals surface area contributed by atoms with Crippen molar-refractivity contribution in [2.45, 2.75) is 12.6 Å². The first kappa shape index (κ1) is 20.6. The Bertz CT molecular complexity index is 1170. The fourth-order valence-corrected chi connectivity index (χ4v) is 4.33. The maximum absolute atomic E-state index is 13.3. The summed E-state index contributed by atoms with van der Waals surface area (Å²) in [6.07, 6.45) is 0. The first-order valence-electron chi connectivity index (χ1n) is 9.35. The molecule has 0 bridgehead atoms. The molecule has 0 radical (unpaired) electrons. The van der Waals surface area contributed by atoms with Crippen molar-refractivity contribution in [3.63, 3.8) is 0 Å². The number of methoxy groups -OCH3 is 1. The number of para-hydroxylation sites is 1. The van der Waals surface area contributed by atoms with Crippen molar-refractivity contribution in [2.75, 3.05) is 7.11 Å². The van der Waals surface area contributed by atoms with E-state index >= 15 is 0 Å². The van der Waals surface area contributed by atoms with Crippen LogP contribution in [0.15, 0.2) is 65.6 Å². The smallest absolute Gasteiger partial charge is 0.295 e. The van der Waals surface area contributed by atoms with Gasteiger partial charge in [0.05, 0.1) is 25.3 Å². The molecule has 1 saturated heterocycles. The van der Waals surface area contributed by atoms with E-state index in [1.807, 2.05) is 17.5 Å². The van der Waals surface area contributed by atoms with E-state index < -0.39 is 29.3 Å². The van der Waals surface area contributed by atoms with Crippen LogP contribution >= 0.6 is 11.3 Å². The number of phenolic OH excluding ortho intramolecular Hbond substituents is 1. The number of phenols is 1. The van der Waals surface area contributed by atoms with E-state index in [1.54, 1.807) is 18.2 Å². The number of Topliss-reactive ketones (excluding diaryl/α,β-unsaturated/α-hetero) is 1.